The fourth-order valence-electron chi connectivity index (χ4n) is 4.02. The molecule has 2 N–H and O–H groups in total. The Kier molecular flexibility index (Phi) is 6.73. The molecule has 33 heavy (non-hydrogen) atoms. The molecular weight excluding hydrogens is 429 g/mol. The highest BCUT2D eigenvalue weighted by atomic mass is 19.1. The van der Waals surface area contributed by atoms with Gasteiger partial charge in [-0.3, -0.25) is 9.69 Å². The SMILES string of the molecule is CC(C)C1COC(=O)N1c1ccnc(NCc2ccc(C(=O)N3CCC(O)CC3)c(F)c2)n1. The smallest absolute Gasteiger partial charge is 0.415 e. The number of hydrogen-bond donors (Lipinski definition) is 2. The lowest BCUT2D eigenvalue weighted by atomic mass is 10.0. The van der Waals surface area contributed by atoms with Crippen molar-refractivity contribution >= 4 is 23.8 Å². The number of rotatable bonds is 6. The Labute approximate surface area is 191 Å². The molecule has 1 aromatic heterocycles. The number of likely N-dealkylation sites (tertiary alicyclic amines) is 1. The lowest BCUT2D eigenvalue weighted by Gasteiger charge is -2.29. The number of aromatic nitrogens is 2. The van der Waals surface area contributed by atoms with Gasteiger partial charge in [0.1, 0.15) is 18.2 Å². The van der Waals surface area contributed by atoms with Crippen molar-refractivity contribution in [3.05, 3.63) is 47.4 Å². The lowest BCUT2D eigenvalue weighted by molar-refractivity contribution is 0.0542. The summed E-state index contributed by atoms with van der Waals surface area (Å²) in [6.45, 7) is 5.40. The topological polar surface area (TPSA) is 108 Å². The summed E-state index contributed by atoms with van der Waals surface area (Å²) >= 11 is 0. The first-order valence-electron chi connectivity index (χ1n) is 11.1. The van der Waals surface area contributed by atoms with Crippen molar-refractivity contribution in [1.82, 2.24) is 14.9 Å². The van der Waals surface area contributed by atoms with E-state index >= 15 is 0 Å². The minimum Gasteiger partial charge on any atom is -0.447 e. The molecule has 0 saturated carbocycles. The van der Waals surface area contributed by atoms with Crippen molar-refractivity contribution in [3.8, 4) is 0 Å². The number of halogens is 1. The number of hydrogen-bond acceptors (Lipinski definition) is 7. The number of amides is 2. The van der Waals surface area contributed by atoms with E-state index in [1.54, 1.807) is 23.2 Å². The highest BCUT2D eigenvalue weighted by Crippen LogP contribution is 2.26. The summed E-state index contributed by atoms with van der Waals surface area (Å²) in [5.74, 6) is -0.0385. The van der Waals surface area contributed by atoms with Crippen LogP contribution in [-0.4, -0.2) is 63.8 Å². The minimum atomic E-state index is -0.598. The molecular formula is C23H28FN5O4. The quantitative estimate of drug-likeness (QED) is 0.687. The van der Waals surface area contributed by atoms with E-state index in [0.717, 1.165) is 0 Å². The molecule has 1 atom stereocenters. The lowest BCUT2D eigenvalue weighted by Crippen LogP contribution is -2.40. The van der Waals surface area contributed by atoms with Gasteiger partial charge < -0.3 is 20.1 Å². The Hall–Kier alpha value is -3.27. The molecule has 0 aliphatic carbocycles. The normalized spacial score (nSPS) is 19.2. The number of carbonyl (C=O) groups is 2. The Bertz CT molecular complexity index is 1030. The van der Waals surface area contributed by atoms with Crippen molar-refractivity contribution in [3.63, 3.8) is 0 Å². The Morgan fingerprint density at radius 2 is 2.06 bits per heavy atom. The van der Waals surface area contributed by atoms with Crippen molar-refractivity contribution < 1.29 is 23.8 Å². The molecule has 2 saturated heterocycles. The predicted octanol–water partition coefficient (Wildman–Crippen LogP) is 2.81. The second kappa shape index (κ2) is 9.70. The van der Waals surface area contributed by atoms with Gasteiger partial charge in [0.25, 0.3) is 5.91 Å². The molecule has 2 aromatic rings. The monoisotopic (exact) mass is 457 g/mol. The second-order valence-electron chi connectivity index (χ2n) is 8.69. The maximum Gasteiger partial charge on any atom is 0.415 e. The summed E-state index contributed by atoms with van der Waals surface area (Å²) in [5.41, 5.74) is 0.633. The number of cyclic esters (lactones) is 1. The molecule has 2 aliphatic heterocycles. The zero-order valence-corrected chi connectivity index (χ0v) is 18.7. The van der Waals surface area contributed by atoms with E-state index in [-0.39, 0.29) is 30.0 Å². The molecule has 10 heteroatoms. The van der Waals surface area contributed by atoms with Crippen LogP contribution in [0.15, 0.2) is 30.5 Å². The van der Waals surface area contributed by atoms with Crippen LogP contribution in [0.2, 0.25) is 0 Å². The Morgan fingerprint density at radius 3 is 2.76 bits per heavy atom. The number of benzene rings is 1. The third kappa shape index (κ3) is 5.05. The third-order valence-electron chi connectivity index (χ3n) is 6.03. The number of carbonyl (C=O) groups excluding carboxylic acids is 2. The number of anilines is 2. The van der Waals surface area contributed by atoms with Crippen LogP contribution in [0.4, 0.5) is 21.0 Å². The average molecular weight is 458 g/mol. The first kappa shape index (κ1) is 22.9. The number of aliphatic hydroxyl groups is 1. The van der Waals surface area contributed by atoms with Gasteiger partial charge in [-0.05, 0) is 42.5 Å². The molecule has 4 rings (SSSR count). The number of ether oxygens (including phenoxy) is 1. The van der Waals surface area contributed by atoms with Crippen LogP contribution in [0.5, 0.6) is 0 Å². The Balaban J connectivity index is 1.41. The number of nitrogens with one attached hydrogen (secondary N) is 1. The van der Waals surface area contributed by atoms with Gasteiger partial charge in [0.2, 0.25) is 5.95 Å². The zero-order valence-electron chi connectivity index (χ0n) is 18.7. The van der Waals surface area contributed by atoms with E-state index in [1.807, 2.05) is 13.8 Å². The van der Waals surface area contributed by atoms with Crippen LogP contribution < -0.4 is 10.2 Å². The molecule has 2 aliphatic rings. The molecule has 9 nitrogen and oxygen atoms in total. The van der Waals surface area contributed by atoms with E-state index in [1.165, 1.54) is 17.0 Å². The fraction of sp³-hybridized carbons (Fsp3) is 0.478. The van der Waals surface area contributed by atoms with E-state index in [0.29, 0.717) is 49.9 Å². The Morgan fingerprint density at radius 1 is 1.30 bits per heavy atom. The van der Waals surface area contributed by atoms with Crippen LogP contribution >= 0.6 is 0 Å². The minimum absolute atomic E-state index is 0.0145. The summed E-state index contributed by atoms with van der Waals surface area (Å²) in [4.78, 5) is 36.5. The van der Waals surface area contributed by atoms with Crippen LogP contribution in [0.25, 0.3) is 0 Å². The van der Waals surface area contributed by atoms with Crippen molar-refractivity contribution in [2.24, 2.45) is 5.92 Å². The van der Waals surface area contributed by atoms with Crippen LogP contribution in [-0.2, 0) is 11.3 Å². The number of aliphatic hydroxyl groups excluding tert-OH is 1. The van der Waals surface area contributed by atoms with Crippen molar-refractivity contribution in [2.75, 3.05) is 29.9 Å². The number of nitrogens with zero attached hydrogens (tertiary/aromatic N) is 4. The van der Waals surface area contributed by atoms with Gasteiger partial charge in [-0.1, -0.05) is 19.9 Å². The van der Waals surface area contributed by atoms with Crippen molar-refractivity contribution in [1.29, 1.82) is 0 Å². The van der Waals surface area contributed by atoms with Gasteiger partial charge in [-0.2, -0.15) is 4.98 Å². The summed E-state index contributed by atoms with van der Waals surface area (Å²) in [6.07, 6.45) is 1.71. The first-order chi connectivity index (χ1) is 15.8. The van der Waals surface area contributed by atoms with Crippen LogP contribution in [0.3, 0.4) is 0 Å². The molecule has 0 bridgehead atoms. The molecule has 2 fully saturated rings. The summed E-state index contributed by atoms with van der Waals surface area (Å²) < 4.78 is 19.9. The highest BCUT2D eigenvalue weighted by Gasteiger charge is 2.37. The van der Waals surface area contributed by atoms with Crippen LogP contribution in [0, 0.1) is 11.7 Å². The van der Waals surface area contributed by atoms with Gasteiger partial charge in [-0.25, -0.2) is 14.2 Å². The molecule has 176 valence electrons. The fourth-order valence-corrected chi connectivity index (χ4v) is 4.02. The van der Waals surface area contributed by atoms with Gasteiger partial charge >= 0.3 is 6.09 Å². The average Bonchev–Trinajstić information content (AvgIpc) is 3.20. The maximum absolute atomic E-state index is 14.7. The third-order valence-corrected chi connectivity index (χ3v) is 6.03. The highest BCUT2D eigenvalue weighted by molar-refractivity contribution is 5.94. The number of piperidine rings is 1. The first-order valence-corrected chi connectivity index (χ1v) is 11.1. The van der Waals surface area contributed by atoms with E-state index in [9.17, 15) is 19.1 Å². The standard InChI is InChI=1S/C23H28FN5O4/c1-14(2)19-13-33-23(32)29(19)20-5-8-25-22(27-20)26-12-15-3-4-17(18(24)11-15)21(31)28-9-6-16(30)7-10-28/h3-5,8,11,14,16,19,30H,6-7,9-10,12-13H2,1-2H3,(H,25,26,27). The van der Waals surface area contributed by atoms with Gasteiger partial charge in [0.15, 0.2) is 0 Å². The predicted molar refractivity (Wildman–Crippen MR) is 119 cm³/mol. The van der Waals surface area contributed by atoms with E-state index in [2.05, 4.69) is 15.3 Å². The van der Waals surface area contributed by atoms with E-state index in [4.69, 9.17) is 4.74 Å². The molecule has 1 aromatic carbocycles. The summed E-state index contributed by atoms with van der Waals surface area (Å²) in [5, 5.41) is 12.6. The van der Waals surface area contributed by atoms with Crippen molar-refractivity contribution in [2.45, 2.75) is 45.4 Å². The largest absolute Gasteiger partial charge is 0.447 e. The van der Waals surface area contributed by atoms with Gasteiger partial charge in [0.05, 0.1) is 17.7 Å². The molecule has 3 heterocycles. The maximum atomic E-state index is 14.7. The molecule has 1 unspecified atom stereocenters. The molecule has 0 spiro atoms. The summed E-state index contributed by atoms with van der Waals surface area (Å²) in [7, 11) is 0. The second-order valence-corrected chi connectivity index (χ2v) is 8.69. The zero-order chi connectivity index (χ0) is 23.5. The summed E-state index contributed by atoms with van der Waals surface area (Å²) in [6, 6.07) is 6.01. The van der Waals surface area contributed by atoms with Crippen LogP contribution in [0.1, 0.15) is 42.6 Å². The molecule has 2 amide bonds. The van der Waals surface area contributed by atoms with E-state index < -0.39 is 18.0 Å². The van der Waals surface area contributed by atoms with Gasteiger partial charge in [-0.15, -0.1) is 0 Å². The molecule has 0 radical (unpaired) electrons. The van der Waals surface area contributed by atoms with Gasteiger partial charge in [0, 0.05) is 25.8 Å².